The molecule has 1 aromatic carbocycles. The van der Waals surface area contributed by atoms with Gasteiger partial charge in [0.1, 0.15) is 17.7 Å². The van der Waals surface area contributed by atoms with Crippen LogP contribution < -0.4 is 5.32 Å². The molecule has 1 fully saturated rings. The first-order valence-corrected chi connectivity index (χ1v) is 13.6. The standard InChI is InChI=1S/C28H36N4O4S/c1-16(2)24(22-12-23(31-36-22)28(4,5)6)27(35)32-14-20(33)11-21(32)26(34)29-13-18-7-9-19(10-8-18)25-17(3)30-15-37-25/h7-10,12,15-16,20-21,24,33H,11,13-14H2,1-6H3,(H,29,34)/t20-,21+,24-/m1/s1. The Hall–Kier alpha value is -3.04. The fourth-order valence-corrected chi connectivity index (χ4v) is 5.48. The highest BCUT2D eigenvalue weighted by Crippen LogP contribution is 2.33. The van der Waals surface area contributed by atoms with Crippen LogP contribution in [0.25, 0.3) is 10.4 Å². The molecule has 0 spiro atoms. The van der Waals surface area contributed by atoms with E-state index in [1.54, 1.807) is 11.3 Å². The highest BCUT2D eigenvalue weighted by molar-refractivity contribution is 7.13. The molecule has 198 valence electrons. The molecule has 3 heterocycles. The summed E-state index contributed by atoms with van der Waals surface area (Å²) in [5.74, 6) is -0.681. The van der Waals surface area contributed by atoms with Crippen LogP contribution in [0.4, 0.5) is 0 Å². The van der Waals surface area contributed by atoms with E-state index < -0.39 is 18.1 Å². The molecule has 0 saturated carbocycles. The Morgan fingerprint density at radius 3 is 2.51 bits per heavy atom. The van der Waals surface area contributed by atoms with E-state index in [4.69, 9.17) is 4.52 Å². The maximum atomic E-state index is 13.7. The van der Waals surface area contributed by atoms with Crippen molar-refractivity contribution in [2.75, 3.05) is 6.54 Å². The maximum Gasteiger partial charge on any atom is 0.243 e. The second-order valence-electron chi connectivity index (χ2n) is 11.2. The summed E-state index contributed by atoms with van der Waals surface area (Å²) in [5.41, 5.74) is 5.43. The summed E-state index contributed by atoms with van der Waals surface area (Å²) >= 11 is 1.60. The molecule has 0 bridgehead atoms. The van der Waals surface area contributed by atoms with Crippen LogP contribution in [0, 0.1) is 12.8 Å². The van der Waals surface area contributed by atoms with Crippen molar-refractivity contribution in [2.45, 2.75) is 78.0 Å². The summed E-state index contributed by atoms with van der Waals surface area (Å²) in [5, 5.41) is 17.5. The molecule has 3 aromatic rings. The van der Waals surface area contributed by atoms with Crippen LogP contribution in [0.1, 0.15) is 69.7 Å². The van der Waals surface area contributed by atoms with Gasteiger partial charge in [-0.2, -0.15) is 0 Å². The summed E-state index contributed by atoms with van der Waals surface area (Å²) in [4.78, 5) is 33.8. The number of thiazole rings is 1. The van der Waals surface area contributed by atoms with Crippen LogP contribution >= 0.6 is 11.3 Å². The molecule has 2 aromatic heterocycles. The zero-order chi connectivity index (χ0) is 26.9. The van der Waals surface area contributed by atoms with Crippen LogP contribution in [-0.4, -0.2) is 50.7 Å². The Balaban J connectivity index is 1.45. The van der Waals surface area contributed by atoms with Crippen molar-refractivity contribution in [3.63, 3.8) is 0 Å². The van der Waals surface area contributed by atoms with Crippen LogP contribution in [0.5, 0.6) is 0 Å². The molecule has 9 heteroatoms. The van der Waals surface area contributed by atoms with Gasteiger partial charge in [0.2, 0.25) is 11.8 Å². The summed E-state index contributed by atoms with van der Waals surface area (Å²) in [6, 6.07) is 9.09. The highest BCUT2D eigenvalue weighted by Gasteiger charge is 2.43. The number of nitrogens with one attached hydrogen (secondary N) is 1. The summed E-state index contributed by atoms with van der Waals surface area (Å²) in [7, 11) is 0. The van der Waals surface area contributed by atoms with Gasteiger partial charge < -0.3 is 19.8 Å². The second kappa shape index (κ2) is 10.8. The lowest BCUT2D eigenvalue weighted by molar-refractivity contribution is -0.141. The molecule has 0 unspecified atom stereocenters. The molecule has 2 N–H and O–H groups in total. The normalized spacial score (nSPS) is 18.9. The van der Waals surface area contributed by atoms with Gasteiger partial charge in [-0.3, -0.25) is 9.59 Å². The number of aryl methyl sites for hydroxylation is 1. The van der Waals surface area contributed by atoms with Crippen LogP contribution in [0.15, 0.2) is 40.4 Å². The molecular weight excluding hydrogens is 488 g/mol. The molecule has 2 amide bonds. The fourth-order valence-electron chi connectivity index (χ4n) is 4.67. The predicted octanol–water partition coefficient (Wildman–Crippen LogP) is 4.42. The number of carbonyl (C=O) groups is 2. The number of carbonyl (C=O) groups excluding carboxylic acids is 2. The third-order valence-electron chi connectivity index (χ3n) is 6.83. The number of β-amino-alcohol motifs (C(OH)–C–C–N with tert-alkyl or cyclic N) is 1. The molecule has 0 radical (unpaired) electrons. The second-order valence-corrected chi connectivity index (χ2v) is 12.0. The van der Waals surface area contributed by atoms with E-state index in [2.05, 4.69) is 15.5 Å². The van der Waals surface area contributed by atoms with Crippen LogP contribution in [0.3, 0.4) is 0 Å². The van der Waals surface area contributed by atoms with E-state index in [1.165, 1.54) is 4.90 Å². The number of aromatic nitrogens is 2. The number of hydrogen-bond donors (Lipinski definition) is 2. The van der Waals surface area contributed by atoms with Gasteiger partial charge in [-0.1, -0.05) is 64.0 Å². The Bertz CT molecular complexity index is 1240. The van der Waals surface area contributed by atoms with E-state index in [1.807, 2.05) is 77.4 Å². The fraction of sp³-hybridized carbons (Fsp3) is 0.500. The zero-order valence-electron chi connectivity index (χ0n) is 22.3. The van der Waals surface area contributed by atoms with Gasteiger partial charge >= 0.3 is 0 Å². The minimum Gasteiger partial charge on any atom is -0.391 e. The molecule has 1 aliphatic rings. The van der Waals surface area contributed by atoms with Crippen molar-refractivity contribution in [2.24, 2.45) is 5.92 Å². The van der Waals surface area contributed by atoms with Crippen molar-refractivity contribution < 1.29 is 19.2 Å². The number of aliphatic hydroxyl groups excluding tert-OH is 1. The molecule has 3 atom stereocenters. The largest absolute Gasteiger partial charge is 0.391 e. The summed E-state index contributed by atoms with van der Waals surface area (Å²) in [6.07, 6.45) is -0.551. The first-order chi connectivity index (χ1) is 17.5. The summed E-state index contributed by atoms with van der Waals surface area (Å²) in [6.45, 7) is 12.4. The highest BCUT2D eigenvalue weighted by atomic mass is 32.1. The van der Waals surface area contributed by atoms with Crippen molar-refractivity contribution in [1.29, 1.82) is 0 Å². The number of aliphatic hydroxyl groups is 1. The first kappa shape index (κ1) is 27.0. The third kappa shape index (κ3) is 5.93. The van der Waals surface area contributed by atoms with E-state index in [-0.39, 0.29) is 36.1 Å². The molecule has 1 saturated heterocycles. The lowest BCUT2D eigenvalue weighted by atomic mass is 9.88. The van der Waals surface area contributed by atoms with Crippen molar-refractivity contribution in [3.05, 3.63) is 58.6 Å². The predicted molar refractivity (Wildman–Crippen MR) is 143 cm³/mol. The van der Waals surface area contributed by atoms with Gasteiger partial charge in [0, 0.05) is 31.0 Å². The Kier molecular flexibility index (Phi) is 7.85. The number of rotatable bonds is 7. The Labute approximate surface area is 222 Å². The van der Waals surface area contributed by atoms with Crippen molar-refractivity contribution in [3.8, 4) is 10.4 Å². The molecule has 0 aliphatic carbocycles. The first-order valence-electron chi connectivity index (χ1n) is 12.7. The monoisotopic (exact) mass is 524 g/mol. The van der Waals surface area contributed by atoms with E-state index in [0.29, 0.717) is 12.3 Å². The lowest BCUT2D eigenvalue weighted by Crippen LogP contribution is -2.48. The Morgan fingerprint density at radius 2 is 1.95 bits per heavy atom. The zero-order valence-corrected chi connectivity index (χ0v) is 23.1. The Morgan fingerprint density at radius 1 is 1.24 bits per heavy atom. The van der Waals surface area contributed by atoms with Gasteiger partial charge in [-0.25, -0.2) is 4.98 Å². The van der Waals surface area contributed by atoms with Gasteiger partial charge in [-0.05, 0) is 24.0 Å². The number of hydrogen-bond acceptors (Lipinski definition) is 7. The van der Waals surface area contributed by atoms with Crippen LogP contribution in [-0.2, 0) is 21.5 Å². The topological polar surface area (TPSA) is 109 Å². The average molecular weight is 525 g/mol. The number of likely N-dealkylation sites (tertiary alicyclic amines) is 1. The smallest absolute Gasteiger partial charge is 0.243 e. The van der Waals surface area contributed by atoms with Gasteiger partial charge in [0.15, 0.2) is 0 Å². The van der Waals surface area contributed by atoms with Gasteiger partial charge in [0.05, 0.1) is 27.9 Å². The molecule has 1 aliphatic heterocycles. The third-order valence-corrected chi connectivity index (χ3v) is 7.81. The van der Waals surface area contributed by atoms with Gasteiger partial charge in [0.25, 0.3) is 0 Å². The minimum atomic E-state index is -0.755. The number of amides is 2. The minimum absolute atomic E-state index is 0.0737. The molecule has 4 rings (SSSR count). The summed E-state index contributed by atoms with van der Waals surface area (Å²) < 4.78 is 5.60. The van der Waals surface area contributed by atoms with Crippen molar-refractivity contribution >= 4 is 23.2 Å². The maximum absolute atomic E-state index is 13.7. The van der Waals surface area contributed by atoms with E-state index in [9.17, 15) is 14.7 Å². The van der Waals surface area contributed by atoms with E-state index >= 15 is 0 Å². The van der Waals surface area contributed by atoms with Crippen LogP contribution in [0.2, 0.25) is 0 Å². The number of nitrogens with zero attached hydrogens (tertiary/aromatic N) is 3. The molecule has 37 heavy (non-hydrogen) atoms. The average Bonchev–Trinajstić information content (AvgIpc) is 3.57. The SMILES string of the molecule is Cc1ncsc1-c1ccc(CNC(=O)[C@@H]2C[C@@H](O)CN2C(=O)[C@@H](c2cc(C(C)(C)C)no2)C(C)C)cc1. The molecular formula is C28H36N4O4S. The van der Waals surface area contributed by atoms with Gasteiger partial charge in [-0.15, -0.1) is 11.3 Å². The van der Waals surface area contributed by atoms with E-state index in [0.717, 1.165) is 27.4 Å². The molecule has 8 nitrogen and oxygen atoms in total. The quantitative estimate of drug-likeness (QED) is 0.474. The lowest BCUT2D eigenvalue weighted by Gasteiger charge is -2.28. The number of benzene rings is 1. The van der Waals surface area contributed by atoms with Crippen molar-refractivity contribution in [1.82, 2.24) is 20.4 Å².